The molecule has 3 aliphatic rings. The van der Waals surface area contributed by atoms with Crippen LogP contribution in [0, 0.1) is 17.1 Å². The molecule has 1 aliphatic carbocycles. The van der Waals surface area contributed by atoms with Crippen molar-refractivity contribution in [2.75, 3.05) is 29.5 Å². The average molecular weight is 699 g/mol. The number of carbonyl (C=O) groups is 1. The summed E-state index contributed by atoms with van der Waals surface area (Å²) in [6.07, 6.45) is -2.43. The van der Waals surface area contributed by atoms with Crippen LogP contribution in [0.25, 0.3) is 32.1 Å². The first kappa shape index (κ1) is 32.4. The molecule has 250 valence electrons. The molecule has 4 aromatic rings. The zero-order valence-electron chi connectivity index (χ0n) is 25.9. The highest BCUT2D eigenvalue weighted by atomic mass is 32.2. The van der Waals surface area contributed by atoms with Gasteiger partial charge in [-0.1, -0.05) is 12.6 Å². The third-order valence-corrected chi connectivity index (χ3v) is 11.3. The zero-order valence-corrected chi connectivity index (χ0v) is 27.6. The van der Waals surface area contributed by atoms with E-state index in [1.807, 2.05) is 19.9 Å². The number of nitrogen functional groups attached to an aromatic ring is 1. The van der Waals surface area contributed by atoms with Gasteiger partial charge >= 0.3 is 11.9 Å². The number of hydrogen-bond donors (Lipinski definition) is 1. The summed E-state index contributed by atoms with van der Waals surface area (Å²) in [7, 11) is 0. The van der Waals surface area contributed by atoms with E-state index in [4.69, 9.17) is 10.5 Å². The summed E-state index contributed by atoms with van der Waals surface area (Å²) in [5, 5.41) is 10.1. The second-order valence-corrected chi connectivity index (χ2v) is 14.5. The van der Waals surface area contributed by atoms with Gasteiger partial charge in [-0.2, -0.15) is 23.4 Å². The number of hydrogen-bond acceptors (Lipinski definition) is 9. The van der Waals surface area contributed by atoms with E-state index in [1.54, 1.807) is 9.80 Å². The number of alkyl halides is 3. The molecule has 0 bridgehead atoms. The van der Waals surface area contributed by atoms with E-state index in [0.29, 0.717) is 0 Å². The molecule has 2 aromatic carbocycles. The number of nitriles is 1. The van der Waals surface area contributed by atoms with Crippen LogP contribution in [0.2, 0.25) is 0 Å². The Kier molecular flexibility index (Phi) is 7.96. The Hall–Kier alpha value is -4.13. The van der Waals surface area contributed by atoms with Crippen LogP contribution in [0.15, 0.2) is 40.5 Å². The molecule has 0 spiro atoms. The molecule has 2 fully saturated rings. The lowest BCUT2D eigenvalue weighted by Crippen LogP contribution is -2.58. The number of halogens is 4. The topological polar surface area (TPSA) is 117 Å². The molecule has 0 radical (unpaired) electrons. The van der Waals surface area contributed by atoms with Gasteiger partial charge in [-0.15, -0.1) is 23.1 Å². The van der Waals surface area contributed by atoms with Crippen molar-refractivity contribution in [3.05, 3.63) is 58.3 Å². The fourth-order valence-corrected chi connectivity index (χ4v) is 9.18. The third-order valence-electron chi connectivity index (χ3n) is 9.06. The predicted molar refractivity (Wildman–Crippen MR) is 178 cm³/mol. The number of ether oxygens (including phenoxy) is 1. The molecule has 4 heterocycles. The Bertz CT molecular complexity index is 2110. The van der Waals surface area contributed by atoms with Crippen molar-refractivity contribution in [2.45, 2.75) is 68.6 Å². The highest BCUT2D eigenvalue weighted by molar-refractivity contribution is 7.99. The van der Waals surface area contributed by atoms with Crippen LogP contribution in [0.3, 0.4) is 0 Å². The molecule has 9 nitrogen and oxygen atoms in total. The van der Waals surface area contributed by atoms with Gasteiger partial charge in [0.05, 0.1) is 40.1 Å². The SMILES string of the molecule is C=CC(=O)N1[C@H](C)CN(c2nc(=O)n3c4c(c(-c5ccc(F)c6sc(N)c(C#N)c56)c(C(F)(F)F)cc24)SCC(OC2CC2)C3)C[C@@H]1C. The van der Waals surface area contributed by atoms with Gasteiger partial charge in [0.15, 0.2) is 0 Å². The summed E-state index contributed by atoms with van der Waals surface area (Å²) in [6.45, 7) is 7.73. The van der Waals surface area contributed by atoms with E-state index in [2.05, 4.69) is 11.6 Å². The Morgan fingerprint density at radius 3 is 2.52 bits per heavy atom. The minimum atomic E-state index is -4.90. The molecule has 7 rings (SSSR count). The number of thioether (sulfide) groups is 1. The maximum absolute atomic E-state index is 15.3. The van der Waals surface area contributed by atoms with E-state index in [9.17, 15) is 14.9 Å². The summed E-state index contributed by atoms with van der Waals surface area (Å²) in [4.78, 5) is 34.5. The number of thiophene rings is 1. The van der Waals surface area contributed by atoms with Gasteiger partial charge in [-0.3, -0.25) is 9.36 Å². The van der Waals surface area contributed by atoms with Crippen molar-refractivity contribution in [1.29, 1.82) is 5.26 Å². The van der Waals surface area contributed by atoms with Crippen molar-refractivity contribution in [3.8, 4) is 17.2 Å². The molecule has 2 aromatic heterocycles. The minimum absolute atomic E-state index is 0.00874. The number of amides is 1. The second-order valence-electron chi connectivity index (χ2n) is 12.4. The first-order valence-electron chi connectivity index (χ1n) is 15.4. The first-order chi connectivity index (χ1) is 22.8. The number of carbonyl (C=O) groups excluding carboxylic acids is 1. The van der Waals surface area contributed by atoms with E-state index in [0.717, 1.165) is 48.1 Å². The molecule has 1 unspecified atom stereocenters. The van der Waals surface area contributed by atoms with Crippen molar-refractivity contribution >= 4 is 60.8 Å². The van der Waals surface area contributed by atoms with Gasteiger partial charge in [-0.05, 0) is 50.5 Å². The van der Waals surface area contributed by atoms with Gasteiger partial charge < -0.3 is 20.3 Å². The smallest absolute Gasteiger partial charge is 0.389 e. The van der Waals surface area contributed by atoms with Crippen LogP contribution in [0.5, 0.6) is 0 Å². The van der Waals surface area contributed by atoms with E-state index in [-0.39, 0.29) is 103 Å². The Morgan fingerprint density at radius 2 is 1.90 bits per heavy atom. The lowest BCUT2D eigenvalue weighted by Gasteiger charge is -2.44. The molecule has 48 heavy (non-hydrogen) atoms. The number of anilines is 2. The van der Waals surface area contributed by atoms with E-state index < -0.39 is 29.4 Å². The summed E-state index contributed by atoms with van der Waals surface area (Å²) in [5.74, 6) is -0.653. The van der Waals surface area contributed by atoms with E-state index >= 15 is 17.6 Å². The zero-order chi connectivity index (χ0) is 34.2. The molecular formula is C33H30F4N6O3S2. The molecule has 2 aliphatic heterocycles. The van der Waals surface area contributed by atoms with Crippen LogP contribution >= 0.6 is 23.1 Å². The number of aromatic nitrogens is 2. The number of benzene rings is 2. The van der Waals surface area contributed by atoms with Crippen molar-refractivity contribution in [3.63, 3.8) is 0 Å². The summed E-state index contributed by atoms with van der Waals surface area (Å²) >= 11 is 1.94. The van der Waals surface area contributed by atoms with Crippen LogP contribution in [-0.4, -0.2) is 63.5 Å². The van der Waals surface area contributed by atoms with Crippen LogP contribution < -0.4 is 16.3 Å². The predicted octanol–water partition coefficient (Wildman–Crippen LogP) is 6.15. The molecule has 1 saturated heterocycles. The molecular weight excluding hydrogens is 669 g/mol. The largest absolute Gasteiger partial charge is 0.417 e. The van der Waals surface area contributed by atoms with Crippen molar-refractivity contribution < 1.29 is 27.1 Å². The lowest BCUT2D eigenvalue weighted by atomic mass is 9.92. The number of nitrogens with zero attached hydrogens (tertiary/aromatic N) is 5. The monoisotopic (exact) mass is 698 g/mol. The maximum atomic E-state index is 15.3. The van der Waals surface area contributed by atoms with Crippen molar-refractivity contribution in [1.82, 2.24) is 14.5 Å². The minimum Gasteiger partial charge on any atom is -0.389 e. The van der Waals surface area contributed by atoms with Gasteiger partial charge in [-0.25, -0.2) is 9.18 Å². The molecule has 1 saturated carbocycles. The highest BCUT2D eigenvalue weighted by Crippen LogP contribution is 2.51. The average Bonchev–Trinajstić information content (AvgIpc) is 3.81. The number of rotatable bonds is 5. The quantitative estimate of drug-likeness (QED) is 0.195. The fraction of sp³-hybridized carbons (Fsp3) is 0.394. The normalized spacial score (nSPS) is 21.4. The van der Waals surface area contributed by atoms with Gasteiger partial charge in [0, 0.05) is 52.2 Å². The standard InChI is InChI=1S/C33H30F4N6O3S2/c1-4-24(44)43-15(2)11-41(12-16(43)3)31-20-9-22(33(35,36)37)26(19-7-8-23(34)28-25(19)21(10-38)30(39)48-28)29-27(20)42(32(45)40-31)13-18(14-47-29)46-17-5-6-17/h4,7-9,15-18H,1,5-6,11-14,39H2,2-3H3/t15-,16+,18?. The second kappa shape index (κ2) is 11.8. The van der Waals surface area contributed by atoms with E-state index in [1.165, 1.54) is 16.7 Å². The van der Waals surface area contributed by atoms with Gasteiger partial charge in [0.2, 0.25) is 5.91 Å². The first-order valence-corrected chi connectivity index (χ1v) is 17.2. The number of piperazine rings is 1. The Morgan fingerprint density at radius 1 is 1.19 bits per heavy atom. The van der Waals surface area contributed by atoms with Crippen LogP contribution in [0.1, 0.15) is 37.8 Å². The Balaban J connectivity index is 1.54. The lowest BCUT2D eigenvalue weighted by molar-refractivity contribution is -0.137. The summed E-state index contributed by atoms with van der Waals surface area (Å²) in [6, 6.07) is 4.55. The van der Waals surface area contributed by atoms with Gasteiger partial charge in [0.25, 0.3) is 0 Å². The van der Waals surface area contributed by atoms with Crippen LogP contribution in [0.4, 0.5) is 28.4 Å². The van der Waals surface area contributed by atoms with Crippen molar-refractivity contribution in [2.24, 2.45) is 0 Å². The maximum Gasteiger partial charge on any atom is 0.417 e. The molecule has 3 atom stereocenters. The Labute approximate surface area is 280 Å². The third kappa shape index (κ3) is 5.30. The van der Waals surface area contributed by atoms with Crippen LogP contribution in [-0.2, 0) is 22.3 Å². The summed E-state index contributed by atoms with van der Waals surface area (Å²) < 4.78 is 68.6. The summed E-state index contributed by atoms with van der Waals surface area (Å²) in [5.41, 5.74) is 4.28. The molecule has 2 N–H and O–H groups in total. The number of nitrogens with two attached hydrogens (primary N) is 1. The molecule has 1 amide bonds. The highest BCUT2D eigenvalue weighted by Gasteiger charge is 2.41. The molecule has 15 heteroatoms. The fourth-order valence-electron chi connectivity index (χ4n) is 6.97. The van der Waals surface area contributed by atoms with Gasteiger partial charge in [0.1, 0.15) is 22.7 Å². The number of fused-ring (bicyclic) bond motifs is 1.